The van der Waals surface area contributed by atoms with Crippen LogP contribution in [0.3, 0.4) is 0 Å². The summed E-state index contributed by atoms with van der Waals surface area (Å²) in [4.78, 5) is 229. The van der Waals surface area contributed by atoms with E-state index in [1.165, 1.54) is 40.1 Å². The number of aromatic nitrogens is 1. The van der Waals surface area contributed by atoms with Gasteiger partial charge in [-0.05, 0) is 125 Å². The fourth-order valence-electron chi connectivity index (χ4n) is 13.5. The van der Waals surface area contributed by atoms with Gasteiger partial charge < -0.3 is 86.4 Å². The number of unbranched alkanes of at least 4 members (excludes halogenated alkanes) is 1. The Hall–Kier alpha value is -10.2. The normalized spacial score (nSPS) is 15.6. The lowest BCUT2D eigenvalue weighted by molar-refractivity contribution is -0.162. The van der Waals surface area contributed by atoms with E-state index in [4.69, 9.17) is 36.3 Å². The van der Waals surface area contributed by atoms with Crippen LogP contribution in [0.4, 0.5) is 4.79 Å². The van der Waals surface area contributed by atoms with Gasteiger partial charge in [0.25, 0.3) is 12.4 Å². The minimum Gasteiger partial charge on any atom is -0.508 e. The number of hydrogen-bond acceptors (Lipinski definition) is 28. The number of thiazole rings is 1. The highest BCUT2D eigenvalue weighted by Crippen LogP contribution is 2.35. The lowest BCUT2D eigenvalue weighted by Crippen LogP contribution is -2.50. The first-order valence-corrected chi connectivity index (χ1v) is 44.6. The first-order valence-electron chi connectivity index (χ1n) is 40.9. The minimum atomic E-state index is -1.73. The Morgan fingerprint density at radius 2 is 1.37 bits per heavy atom. The Kier molecular flexibility index (Phi) is 47.7. The molecule has 1 aliphatic rings. The van der Waals surface area contributed by atoms with Gasteiger partial charge in [0, 0.05) is 99.1 Å². The van der Waals surface area contributed by atoms with Gasteiger partial charge in [0.05, 0.1) is 49.9 Å². The summed E-state index contributed by atoms with van der Waals surface area (Å²) in [6.45, 7) is 12.1. The molecule has 0 spiro atoms. The van der Waals surface area contributed by atoms with Crippen LogP contribution in [0.25, 0.3) is 0 Å². The highest BCUT2D eigenvalue weighted by molar-refractivity contribution is 8.76. The number of carbonyl (C=O) groups is 17. The third-order valence-electron chi connectivity index (χ3n) is 20.6. The van der Waals surface area contributed by atoms with Crippen LogP contribution in [0.1, 0.15) is 210 Å². The molecule has 0 saturated carbocycles. The second-order valence-corrected chi connectivity index (χ2v) is 34.6. The van der Waals surface area contributed by atoms with E-state index < -0.39 is 214 Å². The number of nitrogens with zero attached hydrogens (tertiary/aromatic N) is 3. The molecule has 12 N–H and O–H groups in total. The summed E-state index contributed by atoms with van der Waals surface area (Å²) in [5, 5.41) is 75.0. The number of ketones is 4. The Balaban J connectivity index is 1.32. The number of likely N-dealkylation sites (N-methyl/N-ethyl adjacent to an activating group) is 1. The van der Waals surface area contributed by atoms with Gasteiger partial charge in [-0.3, -0.25) is 72.0 Å². The fourth-order valence-corrected chi connectivity index (χ4v) is 17.1. The van der Waals surface area contributed by atoms with Crippen molar-refractivity contribution >= 4 is 151 Å². The number of phenolic OH excluding ortho intramolecular Hbond substituents is 1. The van der Waals surface area contributed by atoms with Gasteiger partial charge in [-0.2, -0.15) is 0 Å². The van der Waals surface area contributed by atoms with E-state index in [0.717, 1.165) is 41.5 Å². The van der Waals surface area contributed by atoms with Crippen LogP contribution in [0.2, 0.25) is 0 Å². The molecule has 123 heavy (non-hydrogen) atoms. The fraction of sp³-hybridized carbons (Fsp3) is 0.602. The third-order valence-corrected chi connectivity index (χ3v) is 24.4. The van der Waals surface area contributed by atoms with Crippen molar-refractivity contribution in [3.8, 4) is 5.75 Å². The summed E-state index contributed by atoms with van der Waals surface area (Å²) in [5.41, 5.74) is 1.18. The average Bonchev–Trinajstić information content (AvgIpc) is 1.62. The zero-order chi connectivity index (χ0) is 91.4. The molecule has 5 amide bonds. The van der Waals surface area contributed by atoms with E-state index in [1.54, 1.807) is 49.4 Å². The second kappa shape index (κ2) is 55.8. The zero-order valence-corrected chi connectivity index (χ0v) is 73.7. The molecule has 40 heteroatoms. The minimum absolute atomic E-state index is 0.00172. The van der Waals surface area contributed by atoms with Gasteiger partial charge >= 0.3 is 47.9 Å². The molecule has 2 heterocycles. The van der Waals surface area contributed by atoms with Crippen LogP contribution >= 0.6 is 45.1 Å². The van der Waals surface area contributed by atoms with Crippen molar-refractivity contribution in [1.82, 2.24) is 46.7 Å². The quantitative estimate of drug-likeness (QED) is 0.00488. The van der Waals surface area contributed by atoms with E-state index in [0.29, 0.717) is 49.0 Å². The topological polar surface area (TPSA) is 540 Å². The molecule has 1 aliphatic heterocycles. The molecule has 3 aromatic rings. The maximum Gasteiger partial charge on any atom is 0.407 e. The van der Waals surface area contributed by atoms with E-state index in [1.807, 2.05) is 46.6 Å². The number of likely N-dealkylation sites (tertiary alicyclic amines) is 1. The Morgan fingerprint density at radius 1 is 0.699 bits per heavy atom. The highest BCUT2D eigenvalue weighted by atomic mass is 33.1. The number of piperidine rings is 1. The lowest BCUT2D eigenvalue weighted by atomic mass is 9.82. The first-order chi connectivity index (χ1) is 58.3. The van der Waals surface area contributed by atoms with E-state index in [9.17, 15) is 102 Å². The van der Waals surface area contributed by atoms with Gasteiger partial charge in [0.1, 0.15) is 34.3 Å². The number of carboxylic acid groups (broad SMARTS) is 5. The molecule has 0 aliphatic carbocycles. The zero-order valence-electron chi connectivity index (χ0n) is 70.5. The van der Waals surface area contributed by atoms with Gasteiger partial charge in [0.2, 0.25) is 17.7 Å². The Bertz CT molecular complexity index is 4040. The third kappa shape index (κ3) is 39.9. The lowest BCUT2D eigenvalue weighted by Gasteiger charge is -2.39. The smallest absolute Gasteiger partial charge is 0.407 e. The number of alkyl carbamates (subject to hydrolysis) is 1. The van der Waals surface area contributed by atoms with Gasteiger partial charge in [-0.15, -0.1) is 11.3 Å². The molecule has 1 saturated heterocycles. The van der Waals surface area contributed by atoms with Crippen LogP contribution < -0.4 is 31.9 Å². The van der Waals surface area contributed by atoms with Gasteiger partial charge in [-0.25, -0.2) is 19.4 Å². The molecule has 1 unspecified atom stereocenters. The molecule has 4 rings (SSSR count). The highest BCUT2D eigenvalue weighted by Gasteiger charge is 2.41. The summed E-state index contributed by atoms with van der Waals surface area (Å²) < 4.78 is 21.7. The number of aromatic hydroxyl groups is 1. The number of Topliss-reactive ketones (excluding diaryl/α,β-unsaturated/α-hetero) is 4. The molecule has 1 fully saturated rings. The number of carboxylic acids is 5. The number of esters is 2. The molecule has 13 atom stereocenters. The molecular weight excluding hydrogens is 1680 g/mol. The summed E-state index contributed by atoms with van der Waals surface area (Å²) in [5.74, 6) is -18.0. The van der Waals surface area contributed by atoms with Crippen molar-refractivity contribution in [1.29, 1.82) is 0 Å². The molecule has 680 valence electrons. The maximum absolute atomic E-state index is 15.1. The van der Waals surface area contributed by atoms with Crippen LogP contribution in [0.5, 0.6) is 5.75 Å². The van der Waals surface area contributed by atoms with E-state index >= 15 is 4.79 Å². The predicted molar refractivity (Wildman–Crippen MR) is 455 cm³/mol. The average molecular weight is 1800 g/mol. The molecule has 0 radical (unpaired) electrons. The van der Waals surface area contributed by atoms with E-state index in [-0.39, 0.29) is 115 Å². The van der Waals surface area contributed by atoms with Crippen molar-refractivity contribution < 1.29 is 131 Å². The van der Waals surface area contributed by atoms with Crippen molar-refractivity contribution in [3.05, 3.63) is 81.8 Å². The SMILES string of the molecule is CCCC(=O)OCN(C(=O)[C@@H](CC(=O)[C@H]1CCCCN1C)C(C)CC)[C@H](C[C@@H](OC(C)=O)c1nc(C(=O)N[C@@H](Cc2ccc(O)cc2)C[C@H](C)C(=O)CNC(=O)OCCCCSSC[C@@H](CC(=O)[C@@H](Cc2ccccc2)NC(=O)[C@H](CC(=O)O)CC(=O)CC[C@H](NC(=O)CC[C@H](NC(=S)N[C@@H](CCC(=O)O)OC=O)C(=O)O)C(=O)O)C(=O)O)cs1)C(C)C. The largest absolute Gasteiger partial charge is 0.508 e. The number of hydrogen-bond donors (Lipinski definition) is 12. The number of aliphatic carboxylic acids is 5. The number of thiocarbonyl (C=S) groups is 1. The number of amides is 5. The molecule has 0 bridgehead atoms. The Labute approximate surface area is 731 Å². The van der Waals surface area contributed by atoms with Crippen molar-refractivity contribution in [2.75, 3.05) is 45.0 Å². The first kappa shape index (κ1) is 105. The van der Waals surface area contributed by atoms with Crippen molar-refractivity contribution in [2.24, 2.45) is 35.5 Å². The number of rotatable bonds is 61. The molecular formula is C83H117N9O27S4. The summed E-state index contributed by atoms with van der Waals surface area (Å²) >= 11 is 6.09. The molecule has 1 aromatic heterocycles. The van der Waals surface area contributed by atoms with E-state index in [2.05, 4.69) is 36.9 Å². The predicted octanol–water partition coefficient (Wildman–Crippen LogP) is 7.78. The molecule has 2 aromatic carbocycles. The summed E-state index contributed by atoms with van der Waals surface area (Å²) in [6, 6.07) is 8.00. The van der Waals surface area contributed by atoms with Gasteiger partial charge in [0.15, 0.2) is 41.5 Å². The van der Waals surface area contributed by atoms with Crippen LogP contribution in [0, 0.1) is 35.5 Å². The van der Waals surface area contributed by atoms with Crippen LogP contribution in [-0.2, 0) is 104 Å². The van der Waals surface area contributed by atoms with Gasteiger partial charge in [-0.1, -0.05) is 118 Å². The van der Waals surface area contributed by atoms with Crippen LogP contribution in [0.15, 0.2) is 60.0 Å². The standard InChI is InChI=1S/C83H117N9O27S4/c1-9-18-74(105)117-46-92(78(108)59(49(5)10-2)41-67(98)64-21-14-15-32-91(64)8)65(48(3)4)42-69(119-51(7)94)77-88-63(45-121-77)76(107)85-56(36-53-22-24-57(95)25-23-53)35-50(6)68(99)43-84-83(115)116-33-16-17-34-122-123-44-55(79(109)110)39-66(97)62(37-52-19-12-11-13-20-52)87-75(106)54(40-73(103)104)38-58(96)26-27-60(80(111)112)86-70(100)29-28-61(81(113)114)89-82(120)90-71(118-47-93)30-31-72(101)102/h11-13,19-20,22-25,45,47-50,54-56,59-62,64-65,69,71,95H,9-10,14-18,21,26-44,46H2,1-8H3,(H,84,115)(H,85,107)(H,86,100)(H,87,106)(H,101,102)(H,103,104)(H,109,110)(H,111,112)(H,113,114)(H2,89,90,120)/t49?,50-,54-,55+,56+,59-,60-,61-,62+,64+,65+,69+,71+/m0/s1. The number of phenols is 1. The molecule has 36 nitrogen and oxygen atoms in total. The monoisotopic (exact) mass is 1800 g/mol. The maximum atomic E-state index is 15.1. The Morgan fingerprint density at radius 3 is 1.99 bits per heavy atom. The number of carbonyl (C=O) groups excluding carboxylic acids is 12. The number of nitrogens with one attached hydrogen (secondary N) is 6. The second-order valence-electron chi connectivity index (χ2n) is 30.7. The number of benzene rings is 2. The summed E-state index contributed by atoms with van der Waals surface area (Å²) in [7, 11) is 4.33. The number of ether oxygens (including phenoxy) is 4. The van der Waals surface area contributed by atoms with Crippen molar-refractivity contribution in [2.45, 2.75) is 238 Å². The van der Waals surface area contributed by atoms with Crippen LogP contribution in [-0.4, -0.2) is 239 Å². The van der Waals surface area contributed by atoms with Crippen molar-refractivity contribution in [3.63, 3.8) is 0 Å². The summed E-state index contributed by atoms with van der Waals surface area (Å²) in [6.07, 6.45) is -3.90.